The van der Waals surface area contributed by atoms with Crippen molar-refractivity contribution in [1.29, 1.82) is 0 Å². The van der Waals surface area contributed by atoms with Crippen molar-refractivity contribution in [3.8, 4) is 17.2 Å². The van der Waals surface area contributed by atoms with E-state index < -0.39 is 0 Å². The molecule has 0 radical (unpaired) electrons. The van der Waals surface area contributed by atoms with Gasteiger partial charge in [-0.3, -0.25) is 4.99 Å². The Labute approximate surface area is 184 Å². The van der Waals surface area contributed by atoms with E-state index in [4.69, 9.17) is 14.2 Å². The Hall–Kier alpha value is -2.16. The van der Waals surface area contributed by atoms with Crippen molar-refractivity contribution in [3.05, 3.63) is 54.1 Å². The number of benzene rings is 2. The lowest BCUT2D eigenvalue weighted by Crippen LogP contribution is -2.39. The minimum absolute atomic E-state index is 0. The van der Waals surface area contributed by atoms with Gasteiger partial charge in [0, 0.05) is 20.1 Å². The summed E-state index contributed by atoms with van der Waals surface area (Å²) in [6.45, 7) is 2.19. The van der Waals surface area contributed by atoms with Gasteiger partial charge in [-0.1, -0.05) is 18.2 Å². The summed E-state index contributed by atoms with van der Waals surface area (Å²) in [5, 5.41) is 6.61. The number of ether oxygens (including phenoxy) is 3. The number of rotatable bonds is 10. The molecule has 2 aromatic rings. The van der Waals surface area contributed by atoms with Gasteiger partial charge >= 0.3 is 0 Å². The Morgan fingerprint density at radius 2 is 1.68 bits per heavy atom. The van der Waals surface area contributed by atoms with Gasteiger partial charge in [0.2, 0.25) is 0 Å². The van der Waals surface area contributed by atoms with E-state index in [2.05, 4.69) is 15.6 Å². The highest BCUT2D eigenvalue weighted by molar-refractivity contribution is 14.0. The fraction of sp³-hybridized carbons (Fsp3) is 0.381. The molecule has 0 fully saturated rings. The average Bonchev–Trinajstić information content (AvgIpc) is 2.72. The summed E-state index contributed by atoms with van der Waals surface area (Å²) >= 11 is 0. The second-order valence-electron chi connectivity index (χ2n) is 5.87. The summed E-state index contributed by atoms with van der Waals surface area (Å²) in [7, 11) is 5.11. The van der Waals surface area contributed by atoms with Gasteiger partial charge in [-0.2, -0.15) is 0 Å². The average molecular weight is 499 g/mol. The van der Waals surface area contributed by atoms with Gasteiger partial charge in [0.05, 0.1) is 20.8 Å². The van der Waals surface area contributed by atoms with E-state index in [1.807, 2.05) is 48.5 Å². The molecule has 0 saturated carbocycles. The lowest BCUT2D eigenvalue weighted by atomic mass is 10.1. The summed E-state index contributed by atoms with van der Waals surface area (Å²) in [4.78, 5) is 4.25. The Balaban J connectivity index is 0.00000392. The Kier molecular flexibility index (Phi) is 11.9. The van der Waals surface area contributed by atoms with Crippen molar-refractivity contribution in [2.45, 2.75) is 12.8 Å². The molecule has 0 aromatic heterocycles. The molecule has 7 heteroatoms. The van der Waals surface area contributed by atoms with Crippen molar-refractivity contribution in [3.63, 3.8) is 0 Å². The molecule has 0 saturated heterocycles. The van der Waals surface area contributed by atoms with Gasteiger partial charge < -0.3 is 24.8 Å². The van der Waals surface area contributed by atoms with Crippen molar-refractivity contribution in [2.75, 3.05) is 41.0 Å². The first-order valence-electron chi connectivity index (χ1n) is 9.10. The van der Waals surface area contributed by atoms with Crippen molar-refractivity contribution < 1.29 is 14.2 Å². The van der Waals surface area contributed by atoms with Crippen LogP contribution in [-0.2, 0) is 6.42 Å². The minimum Gasteiger partial charge on any atom is -0.497 e. The molecular weight excluding hydrogens is 469 g/mol. The van der Waals surface area contributed by atoms with Gasteiger partial charge in [0.25, 0.3) is 0 Å². The molecule has 2 aromatic carbocycles. The van der Waals surface area contributed by atoms with Crippen molar-refractivity contribution in [1.82, 2.24) is 10.6 Å². The number of nitrogens with zero attached hydrogens (tertiary/aromatic N) is 1. The van der Waals surface area contributed by atoms with E-state index in [9.17, 15) is 0 Å². The first-order chi connectivity index (χ1) is 13.3. The van der Waals surface area contributed by atoms with Crippen molar-refractivity contribution >= 4 is 29.9 Å². The quantitative estimate of drug-likeness (QED) is 0.227. The molecule has 0 bridgehead atoms. The van der Waals surface area contributed by atoms with Crippen LogP contribution in [-0.4, -0.2) is 46.9 Å². The molecular formula is C21H30IN3O3. The van der Waals surface area contributed by atoms with Crippen LogP contribution in [0, 0.1) is 0 Å². The van der Waals surface area contributed by atoms with Gasteiger partial charge in [0.1, 0.15) is 17.2 Å². The number of hydrogen-bond donors (Lipinski definition) is 2. The van der Waals surface area contributed by atoms with Crippen LogP contribution < -0.4 is 24.8 Å². The summed E-state index contributed by atoms with van der Waals surface area (Å²) < 4.78 is 16.4. The van der Waals surface area contributed by atoms with Crippen LogP contribution in [0.5, 0.6) is 17.2 Å². The monoisotopic (exact) mass is 499 g/mol. The molecule has 2 rings (SSSR count). The Bertz CT molecular complexity index is 711. The van der Waals surface area contributed by atoms with Gasteiger partial charge in [-0.15, -0.1) is 24.0 Å². The number of hydrogen-bond acceptors (Lipinski definition) is 4. The predicted octanol–water partition coefficient (Wildman–Crippen LogP) is 3.50. The van der Waals surface area contributed by atoms with Gasteiger partial charge in [-0.05, 0) is 48.7 Å². The second kappa shape index (κ2) is 13.9. The molecule has 154 valence electrons. The van der Waals surface area contributed by atoms with Crippen LogP contribution in [0.15, 0.2) is 53.5 Å². The van der Waals surface area contributed by atoms with Crippen LogP contribution >= 0.6 is 24.0 Å². The SMILES string of the molecule is CN=C(NCCCOc1ccccc1)NCCc1cc(OC)ccc1OC.I. The maximum Gasteiger partial charge on any atom is 0.190 e. The number of nitrogens with one attached hydrogen (secondary N) is 2. The summed E-state index contributed by atoms with van der Waals surface area (Å²) in [6.07, 6.45) is 1.69. The summed E-state index contributed by atoms with van der Waals surface area (Å²) in [6, 6.07) is 15.7. The van der Waals surface area contributed by atoms with E-state index in [1.54, 1.807) is 21.3 Å². The zero-order valence-electron chi connectivity index (χ0n) is 16.7. The van der Waals surface area contributed by atoms with Crippen LogP contribution in [0.4, 0.5) is 0 Å². The fourth-order valence-electron chi connectivity index (χ4n) is 2.60. The van der Waals surface area contributed by atoms with Gasteiger partial charge in [-0.25, -0.2) is 0 Å². The Morgan fingerprint density at radius 1 is 0.929 bits per heavy atom. The molecule has 0 spiro atoms. The number of methoxy groups -OCH3 is 2. The zero-order valence-corrected chi connectivity index (χ0v) is 19.1. The molecule has 0 aliphatic heterocycles. The maximum absolute atomic E-state index is 5.68. The first-order valence-corrected chi connectivity index (χ1v) is 9.10. The van der Waals surface area contributed by atoms with E-state index in [-0.39, 0.29) is 24.0 Å². The van der Waals surface area contributed by atoms with E-state index in [0.717, 1.165) is 54.7 Å². The molecule has 0 unspecified atom stereocenters. The zero-order chi connectivity index (χ0) is 19.3. The highest BCUT2D eigenvalue weighted by Gasteiger charge is 2.05. The predicted molar refractivity (Wildman–Crippen MR) is 125 cm³/mol. The molecule has 0 aliphatic rings. The third-order valence-electron chi connectivity index (χ3n) is 4.02. The normalized spacial score (nSPS) is 10.6. The molecule has 28 heavy (non-hydrogen) atoms. The fourth-order valence-corrected chi connectivity index (χ4v) is 2.60. The second-order valence-corrected chi connectivity index (χ2v) is 5.87. The standard InChI is InChI=1S/C21H29N3O3.HI/c1-22-21(23-13-7-15-27-18-8-5-4-6-9-18)24-14-12-17-16-19(25-2)10-11-20(17)26-3;/h4-6,8-11,16H,7,12-15H2,1-3H3,(H2,22,23,24);1H. The van der Waals surface area contributed by atoms with Crippen LogP contribution in [0.25, 0.3) is 0 Å². The molecule has 2 N–H and O–H groups in total. The largest absolute Gasteiger partial charge is 0.497 e. The number of para-hydroxylation sites is 1. The third-order valence-corrected chi connectivity index (χ3v) is 4.02. The minimum atomic E-state index is 0. The smallest absolute Gasteiger partial charge is 0.190 e. The lowest BCUT2D eigenvalue weighted by molar-refractivity contribution is 0.311. The van der Waals surface area contributed by atoms with Crippen molar-refractivity contribution in [2.24, 2.45) is 4.99 Å². The highest BCUT2D eigenvalue weighted by atomic mass is 127. The Morgan fingerprint density at radius 3 is 2.36 bits per heavy atom. The van der Waals surface area contributed by atoms with Crippen LogP contribution in [0.2, 0.25) is 0 Å². The van der Waals surface area contributed by atoms with E-state index in [1.165, 1.54) is 0 Å². The lowest BCUT2D eigenvalue weighted by Gasteiger charge is -2.14. The first kappa shape index (κ1) is 23.9. The summed E-state index contributed by atoms with van der Waals surface area (Å²) in [5.74, 6) is 3.36. The highest BCUT2D eigenvalue weighted by Crippen LogP contribution is 2.24. The van der Waals surface area contributed by atoms with E-state index in [0.29, 0.717) is 6.61 Å². The number of halogens is 1. The summed E-state index contributed by atoms with van der Waals surface area (Å²) in [5.41, 5.74) is 1.09. The van der Waals surface area contributed by atoms with E-state index >= 15 is 0 Å². The molecule has 0 amide bonds. The number of guanidine groups is 1. The number of aliphatic imine (C=N–C) groups is 1. The van der Waals surface area contributed by atoms with Crippen LogP contribution in [0.1, 0.15) is 12.0 Å². The van der Waals surface area contributed by atoms with Gasteiger partial charge in [0.15, 0.2) is 5.96 Å². The molecule has 0 atom stereocenters. The topological polar surface area (TPSA) is 64.1 Å². The van der Waals surface area contributed by atoms with Crippen LogP contribution in [0.3, 0.4) is 0 Å². The molecule has 0 aliphatic carbocycles. The molecule has 6 nitrogen and oxygen atoms in total. The third kappa shape index (κ3) is 8.24. The molecule has 0 heterocycles. The maximum atomic E-state index is 5.68.